The minimum atomic E-state index is 0.303. The highest BCUT2D eigenvalue weighted by molar-refractivity contribution is 5.79. The van der Waals surface area contributed by atoms with Crippen LogP contribution in [0.3, 0.4) is 0 Å². The average molecular weight is 385 g/mol. The second-order valence-electron chi connectivity index (χ2n) is 6.81. The van der Waals surface area contributed by atoms with Crippen LogP contribution in [0.2, 0.25) is 0 Å². The lowest BCUT2D eigenvalue weighted by molar-refractivity contribution is -0.130. The van der Waals surface area contributed by atoms with Crippen LogP contribution >= 0.6 is 0 Å². The number of hydrogen-bond acceptors (Lipinski definition) is 4. The summed E-state index contributed by atoms with van der Waals surface area (Å²) in [6.07, 6.45) is 7.20. The van der Waals surface area contributed by atoms with Gasteiger partial charge in [0.1, 0.15) is 0 Å². The summed E-state index contributed by atoms with van der Waals surface area (Å²) < 4.78 is 11.0. The predicted octanol–water partition coefficient (Wildman–Crippen LogP) is 2.17. The number of unbranched alkanes of at least 4 members (excludes halogenated alkanes) is 1. The van der Waals surface area contributed by atoms with Crippen molar-refractivity contribution in [2.75, 3.05) is 59.2 Å². The van der Waals surface area contributed by atoms with Crippen LogP contribution in [-0.2, 0) is 14.3 Å². The van der Waals surface area contributed by atoms with Crippen LogP contribution in [0.4, 0.5) is 0 Å². The Labute approximate surface area is 165 Å². The van der Waals surface area contributed by atoms with Crippen LogP contribution in [-0.4, -0.2) is 75.9 Å². The molecule has 1 aliphatic heterocycles. The molecule has 1 heterocycles. The molecule has 1 fully saturated rings. The van der Waals surface area contributed by atoms with E-state index in [1.54, 1.807) is 0 Å². The Morgan fingerprint density at radius 2 is 1.85 bits per heavy atom. The number of aliphatic imine (C=N–C) groups is 1. The van der Waals surface area contributed by atoms with E-state index in [9.17, 15) is 4.79 Å². The summed E-state index contributed by atoms with van der Waals surface area (Å²) in [7, 11) is 0. The fourth-order valence-corrected chi connectivity index (χ4v) is 2.88. The highest BCUT2D eigenvalue weighted by atomic mass is 16.5. The number of rotatable bonds is 14. The third-order valence-corrected chi connectivity index (χ3v) is 4.42. The van der Waals surface area contributed by atoms with Gasteiger partial charge < -0.3 is 25.0 Å². The first-order chi connectivity index (χ1) is 13.3. The van der Waals surface area contributed by atoms with Crippen LogP contribution in [0, 0.1) is 0 Å². The number of carbonyl (C=O) groups excluding carboxylic acids is 1. The molecule has 158 valence electrons. The number of likely N-dealkylation sites (tertiary alicyclic amines) is 1. The molecule has 1 amide bonds. The van der Waals surface area contributed by atoms with E-state index in [1.807, 2.05) is 4.90 Å². The van der Waals surface area contributed by atoms with Crippen molar-refractivity contribution in [3.8, 4) is 0 Å². The monoisotopic (exact) mass is 384 g/mol. The van der Waals surface area contributed by atoms with E-state index in [-0.39, 0.29) is 0 Å². The lowest BCUT2D eigenvalue weighted by Crippen LogP contribution is -2.39. The standard InChI is InChI=1S/C20H40N4O3/c1-3-5-15-26-17-18-27-16-12-23-20(21-4-2)22-11-9-14-24-13-8-6-7-10-19(24)25/h3-18H2,1-2H3,(H2,21,22,23). The van der Waals surface area contributed by atoms with Crippen molar-refractivity contribution in [1.82, 2.24) is 15.5 Å². The molecule has 7 heteroatoms. The van der Waals surface area contributed by atoms with E-state index in [0.717, 1.165) is 64.3 Å². The van der Waals surface area contributed by atoms with Crippen molar-refractivity contribution >= 4 is 11.9 Å². The molecule has 0 bridgehead atoms. The Balaban J connectivity index is 2.11. The third kappa shape index (κ3) is 12.6. The van der Waals surface area contributed by atoms with Gasteiger partial charge in [-0.05, 0) is 32.6 Å². The van der Waals surface area contributed by atoms with E-state index in [1.165, 1.54) is 6.42 Å². The van der Waals surface area contributed by atoms with Gasteiger partial charge in [-0.15, -0.1) is 0 Å². The summed E-state index contributed by atoms with van der Waals surface area (Å²) in [6.45, 7) is 10.9. The zero-order valence-electron chi connectivity index (χ0n) is 17.4. The van der Waals surface area contributed by atoms with Gasteiger partial charge in [0.2, 0.25) is 5.91 Å². The molecule has 0 aromatic carbocycles. The smallest absolute Gasteiger partial charge is 0.222 e. The minimum Gasteiger partial charge on any atom is -0.379 e. The quantitative estimate of drug-likeness (QED) is 0.273. The Hall–Kier alpha value is -1.34. The maximum absolute atomic E-state index is 12.0. The Morgan fingerprint density at radius 1 is 1.04 bits per heavy atom. The molecule has 0 saturated carbocycles. The molecule has 2 N–H and O–H groups in total. The summed E-state index contributed by atoms with van der Waals surface area (Å²) >= 11 is 0. The van der Waals surface area contributed by atoms with Gasteiger partial charge in [0.05, 0.1) is 19.8 Å². The van der Waals surface area contributed by atoms with E-state index in [4.69, 9.17) is 9.47 Å². The Bertz CT molecular complexity index is 405. The first kappa shape index (κ1) is 23.7. The largest absolute Gasteiger partial charge is 0.379 e. The molecule has 0 aromatic rings. The highest BCUT2D eigenvalue weighted by Gasteiger charge is 2.15. The SMILES string of the molecule is CCCCOCCOCCNC(=NCCCN1CCCCCC1=O)NCC. The van der Waals surface area contributed by atoms with Crippen molar-refractivity contribution in [2.45, 2.75) is 58.8 Å². The molecule has 1 aliphatic rings. The van der Waals surface area contributed by atoms with Crippen LogP contribution in [0.1, 0.15) is 58.8 Å². The second kappa shape index (κ2) is 16.8. The van der Waals surface area contributed by atoms with Gasteiger partial charge in [-0.25, -0.2) is 0 Å². The molecule has 0 radical (unpaired) electrons. The summed E-state index contributed by atoms with van der Waals surface area (Å²) in [5, 5.41) is 6.52. The van der Waals surface area contributed by atoms with Gasteiger partial charge in [-0.1, -0.05) is 19.8 Å². The number of guanidine groups is 1. The molecular formula is C20H40N4O3. The number of carbonyl (C=O) groups is 1. The fraction of sp³-hybridized carbons (Fsp3) is 0.900. The average Bonchev–Trinajstić information content (AvgIpc) is 2.88. The number of amides is 1. The number of nitrogens with one attached hydrogen (secondary N) is 2. The summed E-state index contributed by atoms with van der Waals surface area (Å²) in [6, 6.07) is 0. The molecule has 0 atom stereocenters. The van der Waals surface area contributed by atoms with Gasteiger partial charge in [0, 0.05) is 45.8 Å². The van der Waals surface area contributed by atoms with Crippen molar-refractivity contribution in [1.29, 1.82) is 0 Å². The maximum atomic E-state index is 12.0. The Kier molecular flexibility index (Phi) is 14.8. The zero-order valence-corrected chi connectivity index (χ0v) is 17.4. The van der Waals surface area contributed by atoms with E-state index < -0.39 is 0 Å². The van der Waals surface area contributed by atoms with Gasteiger partial charge in [-0.2, -0.15) is 0 Å². The second-order valence-corrected chi connectivity index (χ2v) is 6.81. The molecule has 0 aliphatic carbocycles. The first-order valence-electron chi connectivity index (χ1n) is 10.7. The van der Waals surface area contributed by atoms with Crippen LogP contribution in [0.25, 0.3) is 0 Å². The van der Waals surface area contributed by atoms with Crippen LogP contribution in [0.15, 0.2) is 4.99 Å². The minimum absolute atomic E-state index is 0.303. The molecule has 0 spiro atoms. The third-order valence-electron chi connectivity index (χ3n) is 4.42. The van der Waals surface area contributed by atoms with Crippen LogP contribution < -0.4 is 10.6 Å². The number of nitrogens with zero attached hydrogens (tertiary/aromatic N) is 2. The van der Waals surface area contributed by atoms with Gasteiger partial charge >= 0.3 is 0 Å². The zero-order chi connectivity index (χ0) is 19.6. The lowest BCUT2D eigenvalue weighted by atomic mass is 10.2. The maximum Gasteiger partial charge on any atom is 0.222 e. The predicted molar refractivity (Wildman–Crippen MR) is 110 cm³/mol. The van der Waals surface area contributed by atoms with Crippen molar-refractivity contribution in [3.05, 3.63) is 0 Å². The van der Waals surface area contributed by atoms with Crippen molar-refractivity contribution in [2.24, 2.45) is 4.99 Å². The highest BCUT2D eigenvalue weighted by Crippen LogP contribution is 2.11. The van der Waals surface area contributed by atoms with Crippen molar-refractivity contribution < 1.29 is 14.3 Å². The first-order valence-corrected chi connectivity index (χ1v) is 10.7. The number of hydrogen-bond donors (Lipinski definition) is 2. The topological polar surface area (TPSA) is 75.2 Å². The van der Waals surface area contributed by atoms with Crippen LogP contribution in [0.5, 0.6) is 0 Å². The molecule has 27 heavy (non-hydrogen) atoms. The fourth-order valence-electron chi connectivity index (χ4n) is 2.88. The molecule has 1 saturated heterocycles. The van der Waals surface area contributed by atoms with Gasteiger partial charge in [0.25, 0.3) is 0 Å². The van der Waals surface area contributed by atoms with Gasteiger partial charge in [0.15, 0.2) is 5.96 Å². The molecule has 0 unspecified atom stereocenters. The summed E-state index contributed by atoms with van der Waals surface area (Å²) in [5.41, 5.74) is 0. The lowest BCUT2D eigenvalue weighted by Gasteiger charge is -2.20. The van der Waals surface area contributed by atoms with E-state index in [2.05, 4.69) is 29.5 Å². The number of ether oxygens (including phenoxy) is 2. The summed E-state index contributed by atoms with van der Waals surface area (Å²) in [5.74, 6) is 1.11. The van der Waals surface area contributed by atoms with Crippen molar-refractivity contribution in [3.63, 3.8) is 0 Å². The molecule has 7 nitrogen and oxygen atoms in total. The Morgan fingerprint density at radius 3 is 2.63 bits per heavy atom. The normalized spacial score (nSPS) is 15.7. The van der Waals surface area contributed by atoms with E-state index in [0.29, 0.717) is 45.2 Å². The molecule has 0 aromatic heterocycles. The molecular weight excluding hydrogens is 344 g/mol. The van der Waals surface area contributed by atoms with Gasteiger partial charge in [-0.3, -0.25) is 9.79 Å². The molecule has 1 rings (SSSR count). The van der Waals surface area contributed by atoms with E-state index >= 15 is 0 Å². The summed E-state index contributed by atoms with van der Waals surface area (Å²) in [4.78, 5) is 18.6.